The number of carbonyl (C=O) groups is 5. The van der Waals surface area contributed by atoms with Crippen molar-refractivity contribution in [3.8, 4) is 0 Å². The van der Waals surface area contributed by atoms with Crippen LogP contribution >= 0.6 is 7.82 Å². The van der Waals surface area contributed by atoms with Gasteiger partial charge < -0.3 is 50.9 Å². The second kappa shape index (κ2) is 24.8. The Balaban J connectivity index is 2.78. The Bertz CT molecular complexity index is 1330. The lowest BCUT2D eigenvalue weighted by molar-refractivity contribution is -0.139. The van der Waals surface area contributed by atoms with Gasteiger partial charge in [0.2, 0.25) is 29.5 Å². The fourth-order valence-electron chi connectivity index (χ4n) is 5.03. The first-order chi connectivity index (χ1) is 24.9. The number of nitrogens with zero attached hydrogens (tertiary/aromatic N) is 1. The van der Waals surface area contributed by atoms with E-state index in [1.165, 1.54) is 17.4 Å². The number of rotatable bonds is 27. The number of phosphoric acid groups is 1. The van der Waals surface area contributed by atoms with E-state index in [4.69, 9.17) is 14.5 Å². The third-order valence-corrected chi connectivity index (χ3v) is 8.49. The van der Waals surface area contributed by atoms with Crippen molar-refractivity contribution in [1.29, 1.82) is 0 Å². The van der Waals surface area contributed by atoms with Gasteiger partial charge in [0, 0.05) is 13.1 Å². The number of phosphoric ester groups is 1. The Labute approximate surface area is 312 Å². The smallest absolute Gasteiger partial charge is 0.394 e. The van der Waals surface area contributed by atoms with E-state index in [1.54, 1.807) is 13.8 Å². The van der Waals surface area contributed by atoms with Gasteiger partial charge in [0.15, 0.2) is 0 Å². The molecule has 53 heavy (non-hydrogen) atoms. The van der Waals surface area contributed by atoms with E-state index in [2.05, 4.69) is 37.9 Å². The van der Waals surface area contributed by atoms with Gasteiger partial charge in [-0.1, -0.05) is 57.0 Å². The van der Waals surface area contributed by atoms with E-state index in [0.717, 1.165) is 25.7 Å². The fourth-order valence-corrected chi connectivity index (χ4v) is 5.57. The summed E-state index contributed by atoms with van der Waals surface area (Å²) in [5, 5.41) is 28.7. The molecule has 0 aliphatic rings. The summed E-state index contributed by atoms with van der Waals surface area (Å²) in [5.74, 6) is -3.28. The molecule has 1 rings (SSSR count). The lowest BCUT2D eigenvalue weighted by atomic mass is 10.0. The molecule has 0 spiro atoms. The van der Waals surface area contributed by atoms with Crippen molar-refractivity contribution in [2.24, 2.45) is 5.92 Å². The van der Waals surface area contributed by atoms with Crippen molar-refractivity contribution in [3.63, 3.8) is 0 Å². The van der Waals surface area contributed by atoms with Crippen LogP contribution in [-0.2, 0) is 44.2 Å². The summed E-state index contributed by atoms with van der Waals surface area (Å²) in [4.78, 5) is 83.7. The molecule has 0 saturated heterocycles. The Hall–Kier alpha value is -3.44. The molecule has 0 fully saturated rings. The number of aryl methyl sites for hydroxylation is 1. The van der Waals surface area contributed by atoms with E-state index in [1.807, 2.05) is 32.0 Å². The Morgan fingerprint density at radius 3 is 2.09 bits per heavy atom. The molecule has 3 atom stereocenters. The molecule has 0 saturated carbocycles. The highest BCUT2D eigenvalue weighted by Crippen LogP contribution is 2.37. The Kier molecular flexibility index (Phi) is 22.3. The van der Waals surface area contributed by atoms with Gasteiger partial charge in [0.25, 0.3) is 0 Å². The first kappa shape index (κ1) is 47.6. The maximum atomic E-state index is 13.3. The minimum atomic E-state index is -4.78. The molecule has 5 amide bonds. The molecule has 0 aliphatic heterocycles. The molecule has 1 aromatic rings. The number of carbonyl (C=O) groups excluding carboxylic acids is 5. The largest absolute Gasteiger partial charge is 0.469 e. The van der Waals surface area contributed by atoms with Crippen LogP contribution in [0.1, 0.15) is 78.7 Å². The maximum Gasteiger partial charge on any atom is 0.469 e. The predicted octanol–water partition coefficient (Wildman–Crippen LogP) is 0.534. The molecular weight excluding hydrogens is 713 g/mol. The first-order valence-corrected chi connectivity index (χ1v) is 19.4. The van der Waals surface area contributed by atoms with Crippen LogP contribution in [0.5, 0.6) is 0 Å². The van der Waals surface area contributed by atoms with Crippen molar-refractivity contribution in [2.45, 2.75) is 103 Å². The number of amides is 5. The van der Waals surface area contributed by atoms with Gasteiger partial charge in [-0.2, -0.15) is 0 Å². The zero-order chi connectivity index (χ0) is 40.0. The van der Waals surface area contributed by atoms with Crippen molar-refractivity contribution in [2.75, 3.05) is 46.0 Å². The standard InChI is InChI=1S/C35H60N5O12P/c1-25(2)19-28(33(46)37-21-30(43)39-29(23-41)34(47)36-20-26(3)52-53(48,49)50)38-31(44)22-40(32(45)16-18-51-35(4,5)24-42)17-12-7-6-9-13-27-14-10-8-11-15-27/h8,10-11,14-15,25-26,28-29,41-42H,6-7,9,12-13,16-24H2,1-5H3,(H,36,47)(H,37,46)(H,38,44)(H,39,43)(H2,48,49,50)/t26-,28+,29+/m1/s1. The van der Waals surface area contributed by atoms with Gasteiger partial charge in [-0.05, 0) is 57.9 Å². The van der Waals surface area contributed by atoms with Gasteiger partial charge in [0.1, 0.15) is 12.1 Å². The lowest BCUT2D eigenvalue weighted by Gasteiger charge is -2.26. The normalized spacial score (nSPS) is 13.5. The Morgan fingerprint density at radius 1 is 0.868 bits per heavy atom. The minimum absolute atomic E-state index is 0.0111. The van der Waals surface area contributed by atoms with Crippen LogP contribution < -0.4 is 21.3 Å². The third kappa shape index (κ3) is 22.4. The van der Waals surface area contributed by atoms with Gasteiger partial charge in [-0.3, -0.25) is 28.5 Å². The molecule has 8 N–H and O–H groups in total. The second-order valence-corrected chi connectivity index (χ2v) is 15.1. The van der Waals surface area contributed by atoms with Crippen LogP contribution in [0.25, 0.3) is 0 Å². The number of unbranched alkanes of at least 4 members (excludes halogenated alkanes) is 3. The number of ether oxygens (including phenoxy) is 1. The SMILES string of the molecule is CC(C)C[C@H](NC(=O)CN(CCCCCCc1ccccc1)C(=O)CCOC(C)(C)CO)C(=O)NCC(=O)N[C@@H](CO)C(=O)NC[C@@H](C)OP(=O)(O)O. The van der Waals surface area contributed by atoms with E-state index < -0.39 is 68.4 Å². The number of aliphatic hydroxyl groups is 2. The number of hydrogen-bond donors (Lipinski definition) is 8. The Morgan fingerprint density at radius 2 is 1.49 bits per heavy atom. The summed E-state index contributed by atoms with van der Waals surface area (Å²) in [5.41, 5.74) is 0.427. The highest BCUT2D eigenvalue weighted by atomic mass is 31.2. The van der Waals surface area contributed by atoms with Crippen LogP contribution in [0, 0.1) is 5.92 Å². The molecule has 302 valence electrons. The second-order valence-electron chi connectivity index (χ2n) is 13.9. The van der Waals surface area contributed by atoms with E-state index in [9.17, 15) is 38.8 Å². The minimum Gasteiger partial charge on any atom is -0.394 e. The van der Waals surface area contributed by atoms with Crippen LogP contribution in [0.4, 0.5) is 0 Å². The fraction of sp³-hybridized carbons (Fsp3) is 0.686. The highest BCUT2D eigenvalue weighted by molar-refractivity contribution is 7.46. The molecule has 1 aromatic carbocycles. The topological polar surface area (TPSA) is 253 Å². The van der Waals surface area contributed by atoms with E-state index in [-0.39, 0.29) is 51.0 Å². The van der Waals surface area contributed by atoms with Crippen molar-refractivity contribution in [1.82, 2.24) is 26.2 Å². The van der Waals surface area contributed by atoms with Crippen molar-refractivity contribution >= 4 is 37.4 Å². The summed E-state index contributed by atoms with van der Waals surface area (Å²) in [6.07, 6.45) is 3.51. The lowest BCUT2D eigenvalue weighted by Crippen LogP contribution is -2.54. The van der Waals surface area contributed by atoms with Crippen LogP contribution in [0.15, 0.2) is 30.3 Å². The van der Waals surface area contributed by atoms with Gasteiger partial charge in [0.05, 0.1) is 51.0 Å². The summed E-state index contributed by atoms with van der Waals surface area (Å²) < 4.78 is 21.0. The third-order valence-electron chi connectivity index (χ3n) is 7.86. The molecule has 0 aliphatic carbocycles. The molecule has 0 radical (unpaired) electrons. The molecule has 0 bridgehead atoms. The van der Waals surface area contributed by atoms with Crippen molar-refractivity contribution in [3.05, 3.63) is 35.9 Å². The number of aliphatic hydroxyl groups excluding tert-OH is 2. The number of nitrogens with one attached hydrogen (secondary N) is 4. The highest BCUT2D eigenvalue weighted by Gasteiger charge is 2.27. The van der Waals surface area contributed by atoms with Crippen LogP contribution in [0.2, 0.25) is 0 Å². The molecule has 17 nitrogen and oxygen atoms in total. The summed E-state index contributed by atoms with van der Waals surface area (Å²) >= 11 is 0. The van der Waals surface area contributed by atoms with Gasteiger partial charge in [-0.15, -0.1) is 0 Å². The molecular formula is C35H60N5O12P. The van der Waals surface area contributed by atoms with Gasteiger partial charge in [-0.25, -0.2) is 4.57 Å². The van der Waals surface area contributed by atoms with Crippen LogP contribution in [0.3, 0.4) is 0 Å². The quantitative estimate of drug-likeness (QED) is 0.0451. The van der Waals surface area contributed by atoms with Crippen LogP contribution in [-0.4, -0.2) is 124 Å². The van der Waals surface area contributed by atoms with Gasteiger partial charge >= 0.3 is 7.82 Å². The van der Waals surface area contributed by atoms with E-state index >= 15 is 0 Å². The summed E-state index contributed by atoms with van der Waals surface area (Å²) in [7, 11) is -4.78. The zero-order valence-corrected chi connectivity index (χ0v) is 32.4. The maximum absolute atomic E-state index is 13.3. The summed E-state index contributed by atoms with van der Waals surface area (Å²) in [6.45, 7) is 6.49. The monoisotopic (exact) mass is 773 g/mol. The number of hydrogen-bond acceptors (Lipinski definition) is 10. The first-order valence-electron chi connectivity index (χ1n) is 17.9. The summed E-state index contributed by atoms with van der Waals surface area (Å²) in [6, 6.07) is 7.66. The zero-order valence-electron chi connectivity index (χ0n) is 31.5. The number of benzene rings is 1. The molecule has 0 aromatic heterocycles. The molecule has 18 heteroatoms. The van der Waals surface area contributed by atoms with Crippen molar-refractivity contribution < 1.29 is 57.8 Å². The predicted molar refractivity (Wildman–Crippen MR) is 196 cm³/mol. The molecule has 0 unspecified atom stereocenters. The average Bonchev–Trinajstić information content (AvgIpc) is 3.08. The van der Waals surface area contributed by atoms with E-state index in [0.29, 0.717) is 13.0 Å². The molecule has 0 heterocycles. The average molecular weight is 774 g/mol.